The van der Waals surface area contributed by atoms with Crippen LogP contribution >= 0.6 is 0 Å². The van der Waals surface area contributed by atoms with E-state index in [1.807, 2.05) is 18.2 Å². The number of hydrogen-bond donors (Lipinski definition) is 1. The topological polar surface area (TPSA) is 74.7 Å². The minimum Gasteiger partial charge on any atom is -0.304 e. The summed E-state index contributed by atoms with van der Waals surface area (Å²) in [6, 6.07) is 12.9. The molecule has 6 heteroatoms. The van der Waals surface area contributed by atoms with Crippen LogP contribution in [0.15, 0.2) is 53.4 Å². The molecule has 0 fully saturated rings. The lowest BCUT2D eigenvalue weighted by atomic mass is 10.1. The predicted molar refractivity (Wildman–Crippen MR) is 73.2 cm³/mol. The highest BCUT2D eigenvalue weighted by Crippen LogP contribution is 2.28. The summed E-state index contributed by atoms with van der Waals surface area (Å²) < 4.78 is 30.9. The van der Waals surface area contributed by atoms with Gasteiger partial charge in [-0.25, -0.2) is 0 Å². The average molecular weight is 289 g/mol. The molecule has 1 aliphatic rings. The highest BCUT2D eigenvalue weighted by molar-refractivity contribution is 7.85. The van der Waals surface area contributed by atoms with Crippen LogP contribution < -0.4 is 4.90 Å². The van der Waals surface area contributed by atoms with Gasteiger partial charge in [-0.1, -0.05) is 18.2 Å². The summed E-state index contributed by atoms with van der Waals surface area (Å²) >= 11 is 0. The van der Waals surface area contributed by atoms with E-state index in [1.54, 1.807) is 11.0 Å². The summed E-state index contributed by atoms with van der Waals surface area (Å²) in [5.41, 5.74) is 2.20. The van der Waals surface area contributed by atoms with Crippen LogP contribution in [0.25, 0.3) is 0 Å². The van der Waals surface area contributed by atoms with Crippen LogP contribution in [-0.2, 0) is 16.7 Å². The quantitative estimate of drug-likeness (QED) is 0.859. The van der Waals surface area contributed by atoms with E-state index in [9.17, 15) is 13.2 Å². The monoisotopic (exact) mass is 289 g/mol. The van der Waals surface area contributed by atoms with E-state index in [2.05, 4.69) is 0 Å². The first-order valence-corrected chi connectivity index (χ1v) is 7.38. The van der Waals surface area contributed by atoms with Gasteiger partial charge in [0.05, 0.1) is 11.4 Å². The number of anilines is 1. The van der Waals surface area contributed by atoms with E-state index in [4.69, 9.17) is 4.55 Å². The Morgan fingerprint density at radius 3 is 2.25 bits per heavy atom. The Kier molecular flexibility index (Phi) is 2.84. The summed E-state index contributed by atoms with van der Waals surface area (Å²) in [7, 11) is -4.21. The number of hydrogen-bond acceptors (Lipinski definition) is 3. The third-order valence-electron chi connectivity index (χ3n) is 3.27. The van der Waals surface area contributed by atoms with Gasteiger partial charge in [-0.3, -0.25) is 9.35 Å². The molecule has 1 amide bonds. The van der Waals surface area contributed by atoms with Crippen LogP contribution in [0.1, 0.15) is 15.9 Å². The summed E-state index contributed by atoms with van der Waals surface area (Å²) in [5.74, 6) is -0.111. The van der Waals surface area contributed by atoms with Gasteiger partial charge in [0.2, 0.25) is 0 Å². The second-order valence-electron chi connectivity index (χ2n) is 4.52. The molecule has 3 rings (SSSR count). The van der Waals surface area contributed by atoms with Crippen LogP contribution in [0.5, 0.6) is 0 Å². The molecule has 20 heavy (non-hydrogen) atoms. The first-order valence-electron chi connectivity index (χ1n) is 5.94. The maximum atomic E-state index is 12.2. The Balaban J connectivity index is 1.95. The molecule has 0 aliphatic carbocycles. The molecule has 0 atom stereocenters. The van der Waals surface area contributed by atoms with Gasteiger partial charge in [-0.2, -0.15) is 8.42 Å². The molecule has 1 heterocycles. The number of amides is 1. The second-order valence-corrected chi connectivity index (χ2v) is 5.94. The number of rotatable bonds is 2. The second kappa shape index (κ2) is 4.43. The molecule has 0 bridgehead atoms. The van der Waals surface area contributed by atoms with Gasteiger partial charge in [-0.05, 0) is 35.9 Å². The molecule has 102 valence electrons. The highest BCUT2D eigenvalue weighted by Gasteiger charge is 2.27. The van der Waals surface area contributed by atoms with Crippen molar-refractivity contribution >= 4 is 21.7 Å². The van der Waals surface area contributed by atoms with Crippen LogP contribution in [0.3, 0.4) is 0 Å². The molecular weight excluding hydrogens is 278 g/mol. The van der Waals surface area contributed by atoms with Gasteiger partial charge in [0.1, 0.15) is 0 Å². The largest absolute Gasteiger partial charge is 0.304 e. The van der Waals surface area contributed by atoms with Crippen LogP contribution in [0, 0.1) is 0 Å². The fraction of sp³-hybridized carbons (Fsp3) is 0.0714. The lowest BCUT2D eigenvalue weighted by molar-refractivity contribution is 0.0996. The molecule has 2 aromatic rings. The Hall–Kier alpha value is -2.18. The first-order chi connectivity index (χ1) is 9.47. The zero-order valence-corrected chi connectivity index (χ0v) is 11.2. The average Bonchev–Trinajstić information content (AvgIpc) is 2.76. The molecule has 5 nitrogen and oxygen atoms in total. The van der Waals surface area contributed by atoms with Crippen molar-refractivity contribution < 1.29 is 17.8 Å². The van der Waals surface area contributed by atoms with Crippen molar-refractivity contribution in [3.63, 3.8) is 0 Å². The number of carbonyl (C=O) groups excluding carboxylic acids is 1. The van der Waals surface area contributed by atoms with Gasteiger partial charge in [0, 0.05) is 11.3 Å². The maximum Gasteiger partial charge on any atom is 0.294 e. The van der Waals surface area contributed by atoms with Gasteiger partial charge in [-0.15, -0.1) is 0 Å². The standard InChI is InChI=1S/C14H11NO4S/c16-14-13-4-2-1-3-10(13)9-15(14)11-5-7-12(8-6-11)20(17,18)19/h1-8H,9H2,(H,17,18,19). The van der Waals surface area contributed by atoms with Crippen molar-refractivity contribution in [1.29, 1.82) is 0 Å². The van der Waals surface area contributed by atoms with Crippen molar-refractivity contribution in [2.75, 3.05) is 4.90 Å². The van der Waals surface area contributed by atoms with Gasteiger partial charge >= 0.3 is 0 Å². The van der Waals surface area contributed by atoms with E-state index in [1.165, 1.54) is 24.3 Å². The van der Waals surface area contributed by atoms with Crippen molar-refractivity contribution in [1.82, 2.24) is 0 Å². The van der Waals surface area contributed by atoms with E-state index in [0.717, 1.165) is 5.56 Å². The van der Waals surface area contributed by atoms with Gasteiger partial charge in [0.15, 0.2) is 0 Å². The minimum atomic E-state index is -4.21. The Labute approximate surface area is 116 Å². The fourth-order valence-electron chi connectivity index (χ4n) is 2.26. The van der Waals surface area contributed by atoms with Crippen molar-refractivity contribution in [3.05, 3.63) is 59.7 Å². The predicted octanol–water partition coefficient (Wildman–Crippen LogP) is 2.09. The molecule has 0 unspecified atom stereocenters. The zero-order chi connectivity index (χ0) is 14.3. The number of fused-ring (bicyclic) bond motifs is 1. The lowest BCUT2D eigenvalue weighted by Gasteiger charge is -2.15. The zero-order valence-electron chi connectivity index (χ0n) is 10.4. The number of benzene rings is 2. The van der Waals surface area contributed by atoms with E-state index >= 15 is 0 Å². The highest BCUT2D eigenvalue weighted by atomic mass is 32.2. The normalized spacial score (nSPS) is 14.4. The molecule has 2 aromatic carbocycles. The molecular formula is C14H11NO4S. The SMILES string of the molecule is O=C1c2ccccc2CN1c1ccc(S(=O)(=O)O)cc1. The lowest BCUT2D eigenvalue weighted by Crippen LogP contribution is -2.22. The van der Waals surface area contributed by atoms with Crippen LogP contribution in [0.2, 0.25) is 0 Å². The van der Waals surface area contributed by atoms with Gasteiger partial charge in [0.25, 0.3) is 16.0 Å². The molecule has 0 spiro atoms. The molecule has 1 N–H and O–H groups in total. The third kappa shape index (κ3) is 2.09. The van der Waals surface area contributed by atoms with Crippen molar-refractivity contribution in [2.45, 2.75) is 11.4 Å². The van der Waals surface area contributed by atoms with Gasteiger partial charge < -0.3 is 4.90 Å². The molecule has 1 aliphatic heterocycles. The van der Waals surface area contributed by atoms with Crippen LogP contribution in [0.4, 0.5) is 5.69 Å². The summed E-state index contributed by atoms with van der Waals surface area (Å²) in [6.45, 7) is 0.459. The Morgan fingerprint density at radius 2 is 1.65 bits per heavy atom. The summed E-state index contributed by atoms with van der Waals surface area (Å²) in [4.78, 5) is 13.6. The van der Waals surface area contributed by atoms with Crippen molar-refractivity contribution in [2.24, 2.45) is 0 Å². The summed E-state index contributed by atoms with van der Waals surface area (Å²) in [6.07, 6.45) is 0. The fourth-order valence-corrected chi connectivity index (χ4v) is 2.74. The Bertz CT molecular complexity index is 781. The summed E-state index contributed by atoms with van der Waals surface area (Å²) in [5, 5.41) is 0. The maximum absolute atomic E-state index is 12.2. The molecule has 0 radical (unpaired) electrons. The van der Waals surface area contributed by atoms with E-state index in [-0.39, 0.29) is 10.8 Å². The van der Waals surface area contributed by atoms with E-state index in [0.29, 0.717) is 17.8 Å². The third-order valence-corrected chi connectivity index (χ3v) is 4.14. The minimum absolute atomic E-state index is 0.111. The first kappa shape index (κ1) is 12.8. The molecule has 0 aromatic heterocycles. The van der Waals surface area contributed by atoms with E-state index < -0.39 is 10.1 Å². The van der Waals surface area contributed by atoms with Crippen molar-refractivity contribution in [3.8, 4) is 0 Å². The number of carbonyl (C=O) groups is 1. The molecule has 0 saturated carbocycles. The smallest absolute Gasteiger partial charge is 0.294 e. The van der Waals surface area contributed by atoms with Crippen LogP contribution in [-0.4, -0.2) is 18.9 Å². The Morgan fingerprint density at radius 1 is 1.00 bits per heavy atom. The number of nitrogens with zero attached hydrogens (tertiary/aromatic N) is 1. The molecule has 0 saturated heterocycles.